The van der Waals surface area contributed by atoms with E-state index in [1.807, 2.05) is 25.1 Å². The fourth-order valence-corrected chi connectivity index (χ4v) is 2.10. The maximum atomic E-state index is 11.7. The largest absolute Gasteiger partial charge is 0.348 e. The van der Waals surface area contributed by atoms with Crippen LogP contribution in [0.4, 0.5) is 5.69 Å². The molecule has 0 saturated carbocycles. The highest BCUT2D eigenvalue weighted by Gasteiger charge is 2.12. The van der Waals surface area contributed by atoms with Crippen LogP contribution in [0.1, 0.15) is 51.0 Å². The lowest BCUT2D eigenvalue weighted by molar-refractivity contribution is -0.136. The summed E-state index contributed by atoms with van der Waals surface area (Å²) in [7, 11) is 0. The highest BCUT2D eigenvalue weighted by atomic mass is 16.2. The number of unbranched alkanes of at least 4 members (excludes halogenated alkanes) is 5. The molecule has 0 bridgehead atoms. The molecule has 4 nitrogen and oxygen atoms in total. The van der Waals surface area contributed by atoms with Gasteiger partial charge in [-0.1, -0.05) is 51.2 Å². The minimum atomic E-state index is -0.605. The molecule has 0 aromatic heterocycles. The Morgan fingerprint density at radius 2 is 1.71 bits per heavy atom. The Labute approximate surface area is 127 Å². The number of rotatable bonds is 8. The molecule has 0 aliphatic heterocycles. The fourth-order valence-electron chi connectivity index (χ4n) is 2.10. The standard InChI is InChI=1S/C17H26N2O2/c1-3-4-5-6-7-8-12-18-16(20)17(21)19-15-11-9-10-14(2)13-15/h9-11,13H,3-8,12H2,1-2H3,(H,18,20)(H,19,21). The molecule has 0 atom stereocenters. The number of nitrogens with one attached hydrogen (secondary N) is 2. The van der Waals surface area contributed by atoms with Gasteiger partial charge in [0.2, 0.25) is 0 Å². The molecule has 116 valence electrons. The van der Waals surface area contributed by atoms with E-state index in [1.165, 1.54) is 25.7 Å². The summed E-state index contributed by atoms with van der Waals surface area (Å²) in [5, 5.41) is 5.26. The summed E-state index contributed by atoms with van der Waals surface area (Å²) >= 11 is 0. The molecule has 4 heteroatoms. The molecule has 0 fully saturated rings. The van der Waals surface area contributed by atoms with Crippen molar-refractivity contribution in [3.63, 3.8) is 0 Å². The van der Waals surface area contributed by atoms with Crippen molar-refractivity contribution in [1.29, 1.82) is 0 Å². The maximum absolute atomic E-state index is 11.7. The fraction of sp³-hybridized carbons (Fsp3) is 0.529. The zero-order valence-corrected chi connectivity index (χ0v) is 13.1. The number of amides is 2. The van der Waals surface area contributed by atoms with E-state index in [2.05, 4.69) is 17.6 Å². The summed E-state index contributed by atoms with van der Waals surface area (Å²) in [6.07, 6.45) is 6.96. The van der Waals surface area contributed by atoms with E-state index >= 15 is 0 Å². The molecule has 1 aromatic rings. The van der Waals surface area contributed by atoms with Crippen molar-refractivity contribution >= 4 is 17.5 Å². The lowest BCUT2D eigenvalue weighted by atomic mass is 10.1. The SMILES string of the molecule is CCCCCCCCNC(=O)C(=O)Nc1cccc(C)c1. The van der Waals surface area contributed by atoms with Crippen LogP contribution >= 0.6 is 0 Å². The predicted molar refractivity (Wildman–Crippen MR) is 86.2 cm³/mol. The monoisotopic (exact) mass is 290 g/mol. The third kappa shape index (κ3) is 7.49. The van der Waals surface area contributed by atoms with Crippen LogP contribution in [0.25, 0.3) is 0 Å². The first-order chi connectivity index (χ1) is 10.1. The van der Waals surface area contributed by atoms with Crippen LogP contribution in [-0.4, -0.2) is 18.4 Å². The molecule has 0 spiro atoms. The van der Waals surface area contributed by atoms with Gasteiger partial charge in [0.15, 0.2) is 0 Å². The number of hydrogen-bond donors (Lipinski definition) is 2. The normalized spacial score (nSPS) is 10.2. The van der Waals surface area contributed by atoms with Crippen molar-refractivity contribution in [3.8, 4) is 0 Å². The highest BCUT2D eigenvalue weighted by Crippen LogP contribution is 2.09. The molecule has 0 unspecified atom stereocenters. The summed E-state index contributed by atoms with van der Waals surface area (Å²) in [5.74, 6) is -1.17. The highest BCUT2D eigenvalue weighted by molar-refractivity contribution is 6.39. The molecule has 1 rings (SSSR count). The number of carbonyl (C=O) groups is 2. The summed E-state index contributed by atoms with van der Waals surface area (Å²) in [5.41, 5.74) is 1.69. The van der Waals surface area contributed by atoms with Gasteiger partial charge in [-0.2, -0.15) is 0 Å². The third-order valence-electron chi connectivity index (χ3n) is 3.30. The number of hydrogen-bond acceptors (Lipinski definition) is 2. The first kappa shape index (κ1) is 17.2. The van der Waals surface area contributed by atoms with E-state index in [0.717, 1.165) is 18.4 Å². The van der Waals surface area contributed by atoms with Gasteiger partial charge in [0.25, 0.3) is 0 Å². The van der Waals surface area contributed by atoms with Crippen LogP contribution in [0.3, 0.4) is 0 Å². The molecular weight excluding hydrogens is 264 g/mol. The number of benzene rings is 1. The average Bonchev–Trinajstić information content (AvgIpc) is 2.46. The molecule has 0 heterocycles. The molecule has 2 N–H and O–H groups in total. The Bertz CT molecular complexity index is 458. The molecule has 2 amide bonds. The quantitative estimate of drug-likeness (QED) is 0.569. The second-order valence-corrected chi connectivity index (χ2v) is 5.35. The van der Waals surface area contributed by atoms with Gasteiger partial charge in [-0.05, 0) is 31.0 Å². The van der Waals surface area contributed by atoms with Crippen molar-refractivity contribution in [2.75, 3.05) is 11.9 Å². The zero-order chi connectivity index (χ0) is 15.5. The number of carbonyl (C=O) groups excluding carboxylic acids is 2. The lowest BCUT2D eigenvalue weighted by Crippen LogP contribution is -2.35. The number of anilines is 1. The van der Waals surface area contributed by atoms with E-state index in [4.69, 9.17) is 0 Å². The molecule has 0 radical (unpaired) electrons. The minimum Gasteiger partial charge on any atom is -0.348 e. The smallest absolute Gasteiger partial charge is 0.313 e. The Hall–Kier alpha value is -1.84. The Morgan fingerprint density at radius 1 is 1.00 bits per heavy atom. The second kappa shape index (κ2) is 9.97. The lowest BCUT2D eigenvalue weighted by Gasteiger charge is -2.07. The summed E-state index contributed by atoms with van der Waals surface area (Å²) in [6, 6.07) is 7.39. The van der Waals surface area contributed by atoms with Crippen molar-refractivity contribution in [1.82, 2.24) is 5.32 Å². The van der Waals surface area contributed by atoms with Crippen LogP contribution < -0.4 is 10.6 Å². The van der Waals surface area contributed by atoms with Gasteiger partial charge in [-0.25, -0.2) is 0 Å². The van der Waals surface area contributed by atoms with Crippen LogP contribution in [0.2, 0.25) is 0 Å². The predicted octanol–water partition coefficient (Wildman–Crippen LogP) is 3.41. The van der Waals surface area contributed by atoms with Crippen LogP contribution in [0, 0.1) is 6.92 Å². The minimum absolute atomic E-state index is 0.562. The van der Waals surface area contributed by atoms with Crippen LogP contribution in [0.15, 0.2) is 24.3 Å². The van der Waals surface area contributed by atoms with Crippen LogP contribution in [0.5, 0.6) is 0 Å². The Kier molecular flexibility index (Phi) is 8.17. The van der Waals surface area contributed by atoms with Gasteiger partial charge in [0.05, 0.1) is 0 Å². The average molecular weight is 290 g/mol. The summed E-state index contributed by atoms with van der Waals surface area (Å²) in [6.45, 7) is 4.69. The van der Waals surface area contributed by atoms with Crippen LogP contribution in [-0.2, 0) is 9.59 Å². The zero-order valence-electron chi connectivity index (χ0n) is 13.1. The van der Waals surface area contributed by atoms with Crippen molar-refractivity contribution in [2.24, 2.45) is 0 Å². The van der Waals surface area contributed by atoms with E-state index in [0.29, 0.717) is 12.2 Å². The Balaban J connectivity index is 2.18. The van der Waals surface area contributed by atoms with Gasteiger partial charge >= 0.3 is 11.8 Å². The maximum Gasteiger partial charge on any atom is 0.313 e. The Morgan fingerprint density at radius 3 is 2.43 bits per heavy atom. The molecule has 0 aliphatic carbocycles. The van der Waals surface area contributed by atoms with Crippen molar-refractivity contribution in [3.05, 3.63) is 29.8 Å². The van der Waals surface area contributed by atoms with Crippen molar-refractivity contribution < 1.29 is 9.59 Å². The summed E-state index contributed by atoms with van der Waals surface area (Å²) in [4.78, 5) is 23.4. The first-order valence-corrected chi connectivity index (χ1v) is 7.79. The molecule has 21 heavy (non-hydrogen) atoms. The topological polar surface area (TPSA) is 58.2 Å². The van der Waals surface area contributed by atoms with Gasteiger partial charge in [0.1, 0.15) is 0 Å². The number of aryl methyl sites for hydroxylation is 1. The van der Waals surface area contributed by atoms with Gasteiger partial charge < -0.3 is 10.6 Å². The molecule has 0 saturated heterocycles. The third-order valence-corrected chi connectivity index (χ3v) is 3.30. The van der Waals surface area contributed by atoms with E-state index in [1.54, 1.807) is 6.07 Å². The second-order valence-electron chi connectivity index (χ2n) is 5.35. The van der Waals surface area contributed by atoms with Gasteiger partial charge in [-0.15, -0.1) is 0 Å². The molecule has 1 aromatic carbocycles. The van der Waals surface area contributed by atoms with Crippen molar-refractivity contribution in [2.45, 2.75) is 52.4 Å². The molecule has 0 aliphatic rings. The van der Waals surface area contributed by atoms with E-state index in [-0.39, 0.29) is 0 Å². The first-order valence-electron chi connectivity index (χ1n) is 7.79. The summed E-state index contributed by atoms with van der Waals surface area (Å²) < 4.78 is 0. The van der Waals surface area contributed by atoms with Gasteiger partial charge in [-0.3, -0.25) is 9.59 Å². The van der Waals surface area contributed by atoms with Gasteiger partial charge in [0, 0.05) is 12.2 Å². The van der Waals surface area contributed by atoms with E-state index < -0.39 is 11.8 Å². The van der Waals surface area contributed by atoms with E-state index in [9.17, 15) is 9.59 Å². The molecular formula is C17H26N2O2.